The molecule has 0 aromatic rings. The number of nitrogens with zero attached hydrogens (tertiary/aromatic N) is 1. The molecule has 0 bridgehead atoms. The molecule has 0 rings (SSSR count). The van der Waals surface area contributed by atoms with Crippen LogP contribution in [0.15, 0.2) is 0 Å². The molecule has 0 saturated heterocycles. The number of hydrogen-bond acceptors (Lipinski definition) is 4. The molecule has 3 N–H and O–H groups in total. The van der Waals surface area contributed by atoms with Crippen LogP contribution < -0.4 is 10.6 Å². The van der Waals surface area contributed by atoms with E-state index in [2.05, 4.69) is 10.6 Å². The summed E-state index contributed by atoms with van der Waals surface area (Å²) in [5.74, 6) is -0.947. The van der Waals surface area contributed by atoms with Gasteiger partial charge in [0.05, 0.1) is 19.6 Å². The van der Waals surface area contributed by atoms with Crippen molar-refractivity contribution >= 4 is 12.0 Å². The van der Waals surface area contributed by atoms with Gasteiger partial charge in [0.2, 0.25) is 0 Å². The zero-order valence-corrected chi connectivity index (χ0v) is 12.2. The van der Waals surface area contributed by atoms with Crippen molar-refractivity contribution in [2.24, 2.45) is 0 Å². The zero-order valence-electron chi connectivity index (χ0n) is 12.2. The molecule has 0 spiro atoms. The highest BCUT2D eigenvalue weighted by atomic mass is 16.5. The highest BCUT2D eigenvalue weighted by Gasteiger charge is 2.23. The quantitative estimate of drug-likeness (QED) is 0.520. The lowest BCUT2D eigenvalue weighted by Gasteiger charge is -2.24. The van der Waals surface area contributed by atoms with E-state index in [-0.39, 0.29) is 12.5 Å². The molecule has 2 amide bonds. The lowest BCUT2D eigenvalue weighted by molar-refractivity contribution is -0.138. The summed E-state index contributed by atoms with van der Waals surface area (Å²) < 4.78 is 5.31. The van der Waals surface area contributed by atoms with E-state index in [1.54, 1.807) is 13.8 Å². The van der Waals surface area contributed by atoms with Gasteiger partial charge in [-0.1, -0.05) is 0 Å². The Kier molecular flexibility index (Phi) is 8.09. The average molecular weight is 275 g/mol. The summed E-state index contributed by atoms with van der Waals surface area (Å²) in [6.45, 7) is 5.59. The second kappa shape index (κ2) is 8.71. The van der Waals surface area contributed by atoms with E-state index >= 15 is 0 Å². The van der Waals surface area contributed by atoms with Gasteiger partial charge in [-0.3, -0.25) is 4.79 Å². The minimum atomic E-state index is -0.947. The highest BCUT2D eigenvalue weighted by Crippen LogP contribution is 2.07. The Morgan fingerprint density at radius 2 is 1.89 bits per heavy atom. The smallest absolute Gasteiger partial charge is 0.315 e. The van der Waals surface area contributed by atoms with Crippen molar-refractivity contribution in [2.75, 3.05) is 40.4 Å². The normalized spacial score (nSPS) is 11.4. The Bertz CT molecular complexity index is 293. The summed E-state index contributed by atoms with van der Waals surface area (Å²) in [7, 11) is 3.92. The first-order valence-electron chi connectivity index (χ1n) is 6.23. The van der Waals surface area contributed by atoms with E-state index in [1.165, 1.54) is 0 Å². The van der Waals surface area contributed by atoms with Crippen LogP contribution in [0, 0.1) is 0 Å². The summed E-state index contributed by atoms with van der Waals surface area (Å²) in [5, 5.41) is 13.9. The molecular weight excluding hydrogens is 250 g/mol. The monoisotopic (exact) mass is 275 g/mol. The molecule has 0 radical (unpaired) electrons. The van der Waals surface area contributed by atoms with E-state index < -0.39 is 11.5 Å². The summed E-state index contributed by atoms with van der Waals surface area (Å²) in [6.07, 6.45) is -0.125. The van der Waals surface area contributed by atoms with Crippen molar-refractivity contribution in [1.82, 2.24) is 15.5 Å². The zero-order chi connectivity index (χ0) is 14.9. The first kappa shape index (κ1) is 17.7. The number of carbonyl (C=O) groups excluding carboxylic acids is 1. The standard InChI is InChI=1S/C12H25N3O4/c1-12(2,9-10(16)17)14-11(18)13-5-7-19-8-6-15(3)4/h5-9H2,1-4H3,(H,16,17)(H2,13,14,18). The number of ether oxygens (including phenoxy) is 1. The number of carboxylic acids is 1. The van der Waals surface area contributed by atoms with E-state index in [0.717, 1.165) is 6.54 Å². The summed E-state index contributed by atoms with van der Waals surface area (Å²) in [5.41, 5.74) is -0.776. The van der Waals surface area contributed by atoms with E-state index in [0.29, 0.717) is 19.8 Å². The molecule has 0 aliphatic carbocycles. The first-order chi connectivity index (χ1) is 8.73. The molecule has 0 unspecified atom stereocenters. The van der Waals surface area contributed by atoms with Crippen molar-refractivity contribution in [1.29, 1.82) is 0 Å². The van der Waals surface area contributed by atoms with Gasteiger partial charge >= 0.3 is 12.0 Å². The fraction of sp³-hybridized carbons (Fsp3) is 0.833. The van der Waals surface area contributed by atoms with Gasteiger partial charge in [0.25, 0.3) is 0 Å². The molecular formula is C12H25N3O4. The third kappa shape index (κ3) is 11.5. The molecule has 0 aliphatic rings. The Balaban J connectivity index is 3.67. The van der Waals surface area contributed by atoms with Crippen LogP contribution in [-0.2, 0) is 9.53 Å². The van der Waals surface area contributed by atoms with Gasteiger partial charge in [0, 0.05) is 18.6 Å². The maximum Gasteiger partial charge on any atom is 0.315 e. The van der Waals surface area contributed by atoms with Gasteiger partial charge in [-0.05, 0) is 27.9 Å². The molecule has 7 nitrogen and oxygen atoms in total. The van der Waals surface area contributed by atoms with Crippen molar-refractivity contribution in [3.8, 4) is 0 Å². The number of carboxylic acid groups (broad SMARTS) is 1. The summed E-state index contributed by atoms with van der Waals surface area (Å²) >= 11 is 0. The molecule has 0 aromatic heterocycles. The second-order valence-corrected chi connectivity index (χ2v) is 5.25. The number of aliphatic carboxylic acids is 1. The third-order valence-electron chi connectivity index (χ3n) is 2.26. The molecule has 0 fully saturated rings. The van der Waals surface area contributed by atoms with Crippen molar-refractivity contribution < 1.29 is 19.4 Å². The minimum absolute atomic E-state index is 0.125. The van der Waals surface area contributed by atoms with E-state index in [4.69, 9.17) is 9.84 Å². The molecule has 0 aromatic carbocycles. The maximum atomic E-state index is 11.5. The molecule has 0 atom stereocenters. The van der Waals surface area contributed by atoms with Crippen molar-refractivity contribution in [3.63, 3.8) is 0 Å². The number of likely N-dealkylation sites (N-methyl/N-ethyl adjacent to an activating group) is 1. The number of urea groups is 1. The first-order valence-corrected chi connectivity index (χ1v) is 6.23. The van der Waals surface area contributed by atoms with Gasteiger partial charge in [-0.25, -0.2) is 4.79 Å². The molecule has 19 heavy (non-hydrogen) atoms. The fourth-order valence-corrected chi connectivity index (χ4v) is 1.36. The Labute approximate surface area is 114 Å². The van der Waals surface area contributed by atoms with Gasteiger partial charge < -0.3 is 25.4 Å². The molecule has 0 saturated carbocycles. The fourth-order valence-electron chi connectivity index (χ4n) is 1.36. The predicted molar refractivity (Wildman–Crippen MR) is 72.2 cm³/mol. The van der Waals surface area contributed by atoms with Crippen LogP contribution in [0.4, 0.5) is 4.79 Å². The van der Waals surface area contributed by atoms with Gasteiger partial charge in [-0.2, -0.15) is 0 Å². The lowest BCUT2D eigenvalue weighted by Crippen LogP contribution is -2.50. The second-order valence-electron chi connectivity index (χ2n) is 5.25. The molecule has 0 aliphatic heterocycles. The molecule has 7 heteroatoms. The van der Waals surface area contributed by atoms with Crippen LogP contribution in [0.5, 0.6) is 0 Å². The van der Waals surface area contributed by atoms with Gasteiger partial charge in [0.1, 0.15) is 0 Å². The van der Waals surface area contributed by atoms with E-state index in [9.17, 15) is 9.59 Å². The number of nitrogens with one attached hydrogen (secondary N) is 2. The van der Waals surface area contributed by atoms with E-state index in [1.807, 2.05) is 19.0 Å². The molecule has 112 valence electrons. The number of amides is 2. The number of hydrogen-bond donors (Lipinski definition) is 3. The lowest BCUT2D eigenvalue weighted by atomic mass is 10.0. The van der Waals surface area contributed by atoms with Gasteiger partial charge in [0.15, 0.2) is 0 Å². The van der Waals surface area contributed by atoms with Crippen molar-refractivity contribution in [2.45, 2.75) is 25.8 Å². The summed E-state index contributed by atoms with van der Waals surface area (Å²) in [4.78, 5) is 24.1. The average Bonchev–Trinajstić information content (AvgIpc) is 2.19. The molecule has 0 heterocycles. The topological polar surface area (TPSA) is 90.9 Å². The van der Waals surface area contributed by atoms with Gasteiger partial charge in [-0.15, -0.1) is 0 Å². The Morgan fingerprint density at radius 3 is 2.42 bits per heavy atom. The Morgan fingerprint density at radius 1 is 1.26 bits per heavy atom. The SMILES string of the molecule is CN(C)CCOCCNC(=O)NC(C)(C)CC(=O)O. The third-order valence-corrected chi connectivity index (χ3v) is 2.26. The Hall–Kier alpha value is -1.34. The van der Waals surface area contributed by atoms with Crippen LogP contribution in [0.1, 0.15) is 20.3 Å². The highest BCUT2D eigenvalue weighted by molar-refractivity contribution is 5.76. The van der Waals surface area contributed by atoms with Crippen LogP contribution in [-0.4, -0.2) is 67.9 Å². The van der Waals surface area contributed by atoms with Crippen molar-refractivity contribution in [3.05, 3.63) is 0 Å². The number of carbonyl (C=O) groups is 2. The van der Waals surface area contributed by atoms with Crippen LogP contribution in [0.2, 0.25) is 0 Å². The van der Waals surface area contributed by atoms with Crippen LogP contribution in [0.3, 0.4) is 0 Å². The minimum Gasteiger partial charge on any atom is -0.481 e. The maximum absolute atomic E-state index is 11.5. The van der Waals surface area contributed by atoms with Crippen LogP contribution >= 0.6 is 0 Å². The summed E-state index contributed by atoms with van der Waals surface area (Å²) in [6, 6.07) is -0.387. The number of rotatable bonds is 9. The predicted octanol–water partition coefficient (Wildman–Crippen LogP) is 0.117. The largest absolute Gasteiger partial charge is 0.481 e. The van der Waals surface area contributed by atoms with Crippen LogP contribution in [0.25, 0.3) is 0 Å².